The van der Waals surface area contributed by atoms with E-state index in [1.165, 1.54) is 0 Å². The maximum Gasteiger partial charge on any atom is 0.219 e. The zero-order valence-corrected chi connectivity index (χ0v) is 13.0. The summed E-state index contributed by atoms with van der Waals surface area (Å²) in [4.78, 5) is 0. The fourth-order valence-corrected chi connectivity index (χ4v) is 3.92. The Hall–Kier alpha value is -0.130. The lowest BCUT2D eigenvalue weighted by atomic mass is 10.0. The molecule has 0 saturated heterocycles. The Morgan fingerprint density at radius 1 is 1.28 bits per heavy atom. The van der Waals surface area contributed by atoms with Gasteiger partial charge in [0.15, 0.2) is 0 Å². The van der Waals surface area contributed by atoms with Gasteiger partial charge in [0, 0.05) is 12.1 Å². The second-order valence-corrected chi connectivity index (χ2v) is 9.24. The van der Waals surface area contributed by atoms with Gasteiger partial charge in [-0.2, -0.15) is 4.31 Å². The minimum Gasteiger partial charge on any atom is -0.395 e. The second kappa shape index (κ2) is 5.47. The highest BCUT2D eigenvalue weighted by Gasteiger charge is 2.46. The van der Waals surface area contributed by atoms with Gasteiger partial charge >= 0.3 is 0 Å². The molecule has 1 saturated carbocycles. The van der Waals surface area contributed by atoms with Gasteiger partial charge in [-0.15, -0.1) is 0 Å². The molecule has 0 heterocycles. The second-order valence-electron chi connectivity index (χ2n) is 6.64. The third kappa shape index (κ3) is 3.45. The van der Waals surface area contributed by atoms with E-state index in [2.05, 4.69) is 13.8 Å². The van der Waals surface area contributed by atoms with Gasteiger partial charge in [-0.05, 0) is 46.0 Å². The topological polar surface area (TPSA) is 57.6 Å². The third-order valence-corrected chi connectivity index (χ3v) is 5.97. The summed E-state index contributed by atoms with van der Waals surface area (Å²) in [5.74, 6) is 0.374. The molecule has 5 heteroatoms. The molecule has 1 aliphatic carbocycles. The lowest BCUT2D eigenvalue weighted by molar-refractivity contribution is 0.161. The minimum absolute atomic E-state index is 0.0933. The summed E-state index contributed by atoms with van der Waals surface area (Å²) in [5.41, 5.74) is 0. The molecular weight excluding hydrogens is 250 g/mol. The summed E-state index contributed by atoms with van der Waals surface area (Å²) in [6, 6.07) is -0.174. The predicted octanol–water partition coefficient (Wildman–Crippen LogP) is 1.99. The van der Waals surface area contributed by atoms with E-state index in [4.69, 9.17) is 0 Å². The standard InChI is InChI=1S/C13H27NO3S/c1-10(2)8-12(9-15)14(11-6-7-11)18(16,17)13(3,4)5/h10-12,15H,6-9H2,1-5H3/t12-/m0/s1. The molecule has 1 aliphatic rings. The molecule has 1 atom stereocenters. The normalized spacial score (nSPS) is 19.6. The van der Waals surface area contributed by atoms with Gasteiger partial charge in [0.1, 0.15) is 0 Å². The van der Waals surface area contributed by atoms with Crippen molar-refractivity contribution in [3.63, 3.8) is 0 Å². The summed E-state index contributed by atoms with van der Waals surface area (Å²) in [6.07, 6.45) is 2.55. The molecule has 0 aromatic carbocycles. The minimum atomic E-state index is -3.36. The molecule has 0 aromatic rings. The van der Waals surface area contributed by atoms with Crippen molar-refractivity contribution < 1.29 is 13.5 Å². The van der Waals surface area contributed by atoms with Crippen molar-refractivity contribution in [3.05, 3.63) is 0 Å². The van der Waals surface area contributed by atoms with Crippen molar-refractivity contribution in [2.75, 3.05) is 6.61 Å². The van der Waals surface area contributed by atoms with E-state index in [1.807, 2.05) is 0 Å². The van der Waals surface area contributed by atoms with E-state index in [0.29, 0.717) is 12.3 Å². The van der Waals surface area contributed by atoms with Crippen molar-refractivity contribution in [1.29, 1.82) is 0 Å². The van der Waals surface area contributed by atoms with Crippen LogP contribution in [0.2, 0.25) is 0 Å². The summed E-state index contributed by atoms with van der Waals surface area (Å²) in [7, 11) is -3.36. The quantitative estimate of drug-likeness (QED) is 0.807. The molecule has 1 rings (SSSR count). The zero-order chi connectivity index (χ0) is 14.1. The highest BCUT2D eigenvalue weighted by Crippen LogP contribution is 2.36. The van der Waals surface area contributed by atoms with Gasteiger partial charge in [0.25, 0.3) is 0 Å². The number of hydrogen-bond donors (Lipinski definition) is 1. The third-order valence-electron chi connectivity index (χ3n) is 3.27. The Morgan fingerprint density at radius 2 is 1.78 bits per heavy atom. The lowest BCUT2D eigenvalue weighted by Gasteiger charge is -2.36. The van der Waals surface area contributed by atoms with E-state index >= 15 is 0 Å². The van der Waals surface area contributed by atoms with E-state index in [0.717, 1.165) is 12.8 Å². The van der Waals surface area contributed by atoms with E-state index in [-0.39, 0.29) is 18.7 Å². The number of rotatable bonds is 6. The lowest BCUT2D eigenvalue weighted by Crippen LogP contribution is -2.51. The van der Waals surface area contributed by atoms with E-state index in [9.17, 15) is 13.5 Å². The molecular formula is C13H27NO3S. The first kappa shape index (κ1) is 15.9. The van der Waals surface area contributed by atoms with Crippen LogP contribution in [0.25, 0.3) is 0 Å². The largest absolute Gasteiger partial charge is 0.395 e. The molecule has 1 N–H and O–H groups in total. The van der Waals surface area contributed by atoms with E-state index in [1.54, 1.807) is 25.1 Å². The van der Waals surface area contributed by atoms with Crippen LogP contribution in [0.1, 0.15) is 53.9 Å². The summed E-state index contributed by atoms with van der Waals surface area (Å²) in [6.45, 7) is 9.18. The maximum absolute atomic E-state index is 12.6. The van der Waals surface area contributed by atoms with Crippen molar-refractivity contribution in [3.8, 4) is 0 Å². The van der Waals surface area contributed by atoms with Crippen LogP contribution in [0.4, 0.5) is 0 Å². The van der Waals surface area contributed by atoms with Gasteiger partial charge in [-0.3, -0.25) is 0 Å². The summed E-state index contributed by atoms with van der Waals surface area (Å²) >= 11 is 0. The fourth-order valence-electron chi connectivity index (χ4n) is 2.14. The zero-order valence-electron chi connectivity index (χ0n) is 12.2. The van der Waals surface area contributed by atoms with Gasteiger partial charge in [0.2, 0.25) is 10.0 Å². The highest BCUT2D eigenvalue weighted by molar-refractivity contribution is 7.90. The molecule has 1 fully saturated rings. The van der Waals surface area contributed by atoms with Gasteiger partial charge < -0.3 is 5.11 Å². The SMILES string of the molecule is CC(C)C[C@@H](CO)N(C1CC1)S(=O)(=O)C(C)(C)C. The first-order valence-corrected chi connectivity index (χ1v) is 8.19. The Balaban J connectivity index is 3.02. The molecule has 0 amide bonds. The molecule has 4 nitrogen and oxygen atoms in total. The highest BCUT2D eigenvalue weighted by atomic mass is 32.2. The van der Waals surface area contributed by atoms with Gasteiger partial charge in [0.05, 0.1) is 11.4 Å². The van der Waals surface area contributed by atoms with E-state index < -0.39 is 14.8 Å². The Bertz CT molecular complexity index is 366. The van der Waals surface area contributed by atoms with Crippen LogP contribution in [-0.2, 0) is 10.0 Å². The molecule has 0 aliphatic heterocycles. The number of aliphatic hydroxyl groups is 1. The Morgan fingerprint density at radius 3 is 2.06 bits per heavy atom. The van der Waals surface area contributed by atoms with Gasteiger partial charge in [-0.25, -0.2) is 8.42 Å². The molecule has 0 aromatic heterocycles. The van der Waals surface area contributed by atoms with Crippen LogP contribution in [0.5, 0.6) is 0 Å². The van der Waals surface area contributed by atoms with Crippen LogP contribution in [0, 0.1) is 5.92 Å². The van der Waals surface area contributed by atoms with Crippen LogP contribution < -0.4 is 0 Å². The molecule has 0 spiro atoms. The van der Waals surface area contributed by atoms with Crippen LogP contribution in [-0.4, -0.2) is 41.3 Å². The summed E-state index contributed by atoms with van der Waals surface area (Å²) < 4.78 is 26.0. The van der Waals surface area contributed by atoms with Crippen molar-refractivity contribution in [2.45, 2.75) is 70.7 Å². The Kier molecular flexibility index (Phi) is 4.84. The Labute approximate surface area is 111 Å². The molecule has 108 valence electrons. The monoisotopic (exact) mass is 277 g/mol. The molecule has 0 unspecified atom stereocenters. The average molecular weight is 277 g/mol. The van der Waals surface area contributed by atoms with Crippen LogP contribution in [0.3, 0.4) is 0 Å². The fraction of sp³-hybridized carbons (Fsp3) is 1.00. The number of aliphatic hydroxyl groups excluding tert-OH is 1. The predicted molar refractivity (Wildman–Crippen MR) is 73.9 cm³/mol. The first-order valence-electron chi connectivity index (χ1n) is 6.75. The summed E-state index contributed by atoms with van der Waals surface area (Å²) in [5, 5.41) is 9.54. The number of nitrogens with zero attached hydrogens (tertiary/aromatic N) is 1. The molecule has 0 bridgehead atoms. The number of sulfonamides is 1. The van der Waals surface area contributed by atoms with Crippen LogP contribution in [0.15, 0.2) is 0 Å². The van der Waals surface area contributed by atoms with Gasteiger partial charge in [-0.1, -0.05) is 13.8 Å². The molecule has 0 radical (unpaired) electrons. The maximum atomic E-state index is 12.6. The smallest absolute Gasteiger partial charge is 0.219 e. The number of hydrogen-bond acceptors (Lipinski definition) is 3. The molecule has 18 heavy (non-hydrogen) atoms. The van der Waals surface area contributed by atoms with Crippen molar-refractivity contribution in [1.82, 2.24) is 4.31 Å². The average Bonchev–Trinajstić information content (AvgIpc) is 2.98. The van der Waals surface area contributed by atoms with Crippen molar-refractivity contribution >= 4 is 10.0 Å². The van der Waals surface area contributed by atoms with Crippen LogP contribution >= 0.6 is 0 Å². The van der Waals surface area contributed by atoms with Crippen molar-refractivity contribution in [2.24, 2.45) is 5.92 Å². The first-order chi connectivity index (χ1) is 8.11.